The molecule has 0 bridgehead atoms. The standard InChI is InChI=1S/C22H27NO4S/c1-13(2)23(20(25)16-10-9-14(3)11-18(16)24)21-17(22(26)27)12-19(28-21)15-7-5-4-6-8-15/h4-8,12-14,16,18,24H,9-11H2,1-3H3,(H,26,27)/t14-,16-,18+/m1/s1. The number of thiophene rings is 1. The normalized spacial score (nSPS) is 22.2. The fourth-order valence-electron chi connectivity index (χ4n) is 3.86. The summed E-state index contributed by atoms with van der Waals surface area (Å²) in [7, 11) is 0. The summed E-state index contributed by atoms with van der Waals surface area (Å²) in [4.78, 5) is 27.7. The number of nitrogens with zero attached hydrogens (tertiary/aromatic N) is 1. The Kier molecular flexibility index (Phi) is 6.20. The van der Waals surface area contributed by atoms with Crippen LogP contribution < -0.4 is 4.90 Å². The van der Waals surface area contributed by atoms with E-state index in [2.05, 4.69) is 6.92 Å². The van der Waals surface area contributed by atoms with E-state index in [1.165, 1.54) is 11.3 Å². The Bertz CT molecular complexity index is 845. The monoisotopic (exact) mass is 401 g/mol. The van der Waals surface area contributed by atoms with Crippen molar-refractivity contribution < 1.29 is 19.8 Å². The van der Waals surface area contributed by atoms with Crippen LogP contribution in [0.25, 0.3) is 10.4 Å². The fourth-order valence-corrected chi connectivity index (χ4v) is 5.16. The fraction of sp³-hybridized carbons (Fsp3) is 0.455. The van der Waals surface area contributed by atoms with Crippen molar-refractivity contribution in [2.75, 3.05) is 4.90 Å². The Morgan fingerprint density at radius 2 is 1.86 bits per heavy atom. The Hall–Kier alpha value is -2.18. The molecule has 0 saturated heterocycles. The number of hydrogen-bond acceptors (Lipinski definition) is 4. The average molecular weight is 402 g/mol. The number of anilines is 1. The van der Waals surface area contributed by atoms with Gasteiger partial charge in [0.25, 0.3) is 0 Å². The van der Waals surface area contributed by atoms with Crippen molar-refractivity contribution in [3.63, 3.8) is 0 Å². The lowest BCUT2D eigenvalue weighted by atomic mass is 9.80. The lowest BCUT2D eigenvalue weighted by Gasteiger charge is -2.35. The number of rotatable bonds is 5. The van der Waals surface area contributed by atoms with Crippen LogP contribution in [-0.2, 0) is 4.79 Å². The smallest absolute Gasteiger partial charge is 0.338 e. The number of aliphatic hydroxyl groups excluding tert-OH is 1. The Morgan fingerprint density at radius 1 is 1.18 bits per heavy atom. The van der Waals surface area contributed by atoms with Gasteiger partial charge in [0.15, 0.2) is 0 Å². The van der Waals surface area contributed by atoms with E-state index in [4.69, 9.17) is 0 Å². The largest absolute Gasteiger partial charge is 0.478 e. The molecule has 0 spiro atoms. The first-order chi connectivity index (χ1) is 13.3. The molecule has 5 nitrogen and oxygen atoms in total. The second-order valence-electron chi connectivity index (χ2n) is 7.89. The summed E-state index contributed by atoms with van der Waals surface area (Å²) >= 11 is 1.31. The summed E-state index contributed by atoms with van der Waals surface area (Å²) in [5, 5.41) is 20.7. The van der Waals surface area contributed by atoms with Crippen molar-refractivity contribution in [2.45, 2.75) is 52.2 Å². The van der Waals surface area contributed by atoms with Gasteiger partial charge in [0, 0.05) is 10.9 Å². The van der Waals surface area contributed by atoms with Crippen LogP contribution >= 0.6 is 11.3 Å². The predicted octanol–water partition coefficient (Wildman–Crippen LogP) is 4.65. The summed E-state index contributed by atoms with van der Waals surface area (Å²) in [6.45, 7) is 5.84. The first-order valence-electron chi connectivity index (χ1n) is 9.73. The van der Waals surface area contributed by atoms with Crippen molar-refractivity contribution in [1.82, 2.24) is 0 Å². The first kappa shape index (κ1) is 20.6. The second kappa shape index (κ2) is 8.45. The van der Waals surface area contributed by atoms with E-state index in [1.807, 2.05) is 44.2 Å². The van der Waals surface area contributed by atoms with Crippen molar-refractivity contribution in [3.05, 3.63) is 42.0 Å². The molecule has 1 aromatic heterocycles. The third-order valence-corrected chi connectivity index (χ3v) is 6.55. The van der Waals surface area contributed by atoms with Crippen molar-refractivity contribution in [2.24, 2.45) is 11.8 Å². The van der Waals surface area contributed by atoms with Crippen LogP contribution in [-0.4, -0.2) is 34.2 Å². The summed E-state index contributed by atoms with van der Waals surface area (Å²) < 4.78 is 0. The Labute approximate surface area is 169 Å². The zero-order valence-electron chi connectivity index (χ0n) is 16.5. The van der Waals surface area contributed by atoms with Gasteiger partial charge in [-0.15, -0.1) is 11.3 Å². The number of benzene rings is 1. The summed E-state index contributed by atoms with van der Waals surface area (Å²) in [5.41, 5.74) is 1.05. The molecule has 1 heterocycles. The van der Waals surface area contributed by atoms with Crippen LogP contribution in [0.15, 0.2) is 36.4 Å². The minimum atomic E-state index is -1.05. The molecule has 1 saturated carbocycles. The van der Waals surface area contributed by atoms with Crippen LogP contribution in [0.2, 0.25) is 0 Å². The van der Waals surface area contributed by atoms with Gasteiger partial charge in [0.1, 0.15) is 5.00 Å². The van der Waals surface area contributed by atoms with E-state index in [1.54, 1.807) is 11.0 Å². The quantitative estimate of drug-likeness (QED) is 0.764. The number of hydrogen-bond donors (Lipinski definition) is 2. The Morgan fingerprint density at radius 3 is 2.43 bits per heavy atom. The highest BCUT2D eigenvalue weighted by molar-refractivity contribution is 7.20. The van der Waals surface area contributed by atoms with E-state index in [9.17, 15) is 19.8 Å². The van der Waals surface area contributed by atoms with Crippen molar-refractivity contribution in [1.29, 1.82) is 0 Å². The van der Waals surface area contributed by atoms with Crippen molar-refractivity contribution >= 4 is 28.2 Å². The highest BCUT2D eigenvalue weighted by Gasteiger charge is 2.38. The average Bonchev–Trinajstić information content (AvgIpc) is 3.07. The maximum atomic E-state index is 13.4. The van der Waals surface area contributed by atoms with Crippen LogP contribution in [0, 0.1) is 11.8 Å². The molecule has 2 aromatic rings. The molecule has 1 aliphatic carbocycles. The highest BCUT2D eigenvalue weighted by Crippen LogP contribution is 2.40. The van der Waals surface area contributed by atoms with Crippen LogP contribution in [0.1, 0.15) is 50.4 Å². The molecule has 1 aromatic carbocycles. The topological polar surface area (TPSA) is 77.8 Å². The van der Waals surface area contributed by atoms with E-state index in [-0.39, 0.29) is 17.5 Å². The third kappa shape index (κ3) is 4.13. The molecular formula is C22H27NO4S. The first-order valence-corrected chi connectivity index (χ1v) is 10.5. The van der Waals surface area contributed by atoms with Crippen LogP contribution in [0.4, 0.5) is 5.00 Å². The maximum absolute atomic E-state index is 13.4. The van der Waals surface area contributed by atoms with E-state index < -0.39 is 18.0 Å². The van der Waals surface area contributed by atoms with Gasteiger partial charge in [-0.2, -0.15) is 0 Å². The second-order valence-corrected chi connectivity index (χ2v) is 8.93. The SMILES string of the molecule is CC(C)N(C(=O)[C@@H]1CC[C@@H](C)C[C@@H]1O)c1sc(-c2ccccc2)cc1C(=O)O. The van der Waals surface area contributed by atoms with E-state index in [0.29, 0.717) is 23.8 Å². The zero-order chi connectivity index (χ0) is 20.4. The lowest BCUT2D eigenvalue weighted by Crippen LogP contribution is -2.46. The summed E-state index contributed by atoms with van der Waals surface area (Å²) in [6, 6.07) is 11.0. The van der Waals surface area contributed by atoms with Gasteiger partial charge in [-0.25, -0.2) is 4.79 Å². The lowest BCUT2D eigenvalue weighted by molar-refractivity contribution is -0.128. The number of carbonyl (C=O) groups excluding carboxylic acids is 1. The minimum Gasteiger partial charge on any atom is -0.478 e. The van der Waals surface area contributed by atoms with Crippen LogP contribution in [0.3, 0.4) is 0 Å². The van der Waals surface area contributed by atoms with Gasteiger partial charge >= 0.3 is 5.97 Å². The minimum absolute atomic E-state index is 0.129. The van der Waals surface area contributed by atoms with Gasteiger partial charge < -0.3 is 15.1 Å². The molecule has 150 valence electrons. The number of aliphatic hydroxyl groups is 1. The molecule has 0 unspecified atom stereocenters. The molecule has 6 heteroatoms. The third-order valence-electron chi connectivity index (χ3n) is 5.37. The van der Waals surface area contributed by atoms with Crippen molar-refractivity contribution in [3.8, 4) is 10.4 Å². The predicted molar refractivity (Wildman–Crippen MR) is 112 cm³/mol. The van der Waals surface area contributed by atoms with Gasteiger partial charge in [-0.05, 0) is 50.7 Å². The number of carboxylic acids is 1. The molecular weight excluding hydrogens is 374 g/mol. The molecule has 2 N–H and O–H groups in total. The summed E-state index contributed by atoms with van der Waals surface area (Å²) in [5.74, 6) is -1.32. The molecule has 3 atom stereocenters. The number of amides is 1. The van der Waals surface area contributed by atoms with Gasteiger partial charge in [-0.1, -0.05) is 37.3 Å². The Balaban J connectivity index is 2.01. The van der Waals surface area contributed by atoms with Crippen LogP contribution in [0.5, 0.6) is 0 Å². The van der Waals surface area contributed by atoms with E-state index >= 15 is 0 Å². The summed E-state index contributed by atoms with van der Waals surface area (Å²) in [6.07, 6.45) is 1.45. The molecule has 28 heavy (non-hydrogen) atoms. The maximum Gasteiger partial charge on any atom is 0.338 e. The number of aromatic carboxylic acids is 1. The molecule has 0 aliphatic heterocycles. The van der Waals surface area contributed by atoms with Gasteiger partial charge in [0.05, 0.1) is 17.6 Å². The van der Waals surface area contributed by atoms with Gasteiger partial charge in [0.2, 0.25) is 5.91 Å². The number of carbonyl (C=O) groups is 2. The molecule has 0 radical (unpaired) electrons. The zero-order valence-corrected chi connectivity index (χ0v) is 17.3. The molecule has 1 fully saturated rings. The highest BCUT2D eigenvalue weighted by atomic mass is 32.1. The molecule has 1 aliphatic rings. The number of carboxylic acid groups (broad SMARTS) is 1. The van der Waals surface area contributed by atoms with E-state index in [0.717, 1.165) is 16.9 Å². The molecule has 3 rings (SSSR count). The molecule has 1 amide bonds. The van der Waals surface area contributed by atoms with Gasteiger partial charge in [-0.3, -0.25) is 4.79 Å².